The van der Waals surface area contributed by atoms with Crippen LogP contribution >= 0.6 is 0 Å². The molecule has 20 heavy (non-hydrogen) atoms. The third kappa shape index (κ3) is 4.47. The lowest BCUT2D eigenvalue weighted by Crippen LogP contribution is -2.11. The van der Waals surface area contributed by atoms with Gasteiger partial charge in [-0.15, -0.1) is 0 Å². The Balaban J connectivity index is 2.93. The maximum atomic E-state index is 12.7. The topological polar surface area (TPSA) is 26.3 Å². The summed E-state index contributed by atoms with van der Waals surface area (Å²) in [5.74, 6) is -0.543. The van der Waals surface area contributed by atoms with E-state index in [-0.39, 0.29) is 25.0 Å². The van der Waals surface area contributed by atoms with Crippen molar-refractivity contribution < 1.29 is 31.5 Å². The summed E-state index contributed by atoms with van der Waals surface area (Å²) in [4.78, 5) is 11.1. The van der Waals surface area contributed by atoms with Gasteiger partial charge in [0.25, 0.3) is 6.43 Å². The fraction of sp³-hybridized carbons (Fsp3) is 0.462. The second-order valence-corrected chi connectivity index (χ2v) is 4.03. The lowest BCUT2D eigenvalue weighted by Gasteiger charge is -2.14. The Morgan fingerprint density at radius 2 is 1.95 bits per heavy atom. The third-order valence-electron chi connectivity index (χ3n) is 2.58. The van der Waals surface area contributed by atoms with Crippen LogP contribution < -0.4 is 0 Å². The predicted octanol–water partition coefficient (Wildman–Crippen LogP) is 4.14. The largest absolute Gasteiger partial charge is 0.466 e. The summed E-state index contributed by atoms with van der Waals surface area (Å²) in [6.45, 7) is 1.79. The Morgan fingerprint density at radius 3 is 2.45 bits per heavy atom. The van der Waals surface area contributed by atoms with Gasteiger partial charge in [-0.2, -0.15) is 13.2 Å². The van der Waals surface area contributed by atoms with Crippen molar-refractivity contribution >= 4 is 5.97 Å². The van der Waals surface area contributed by atoms with Crippen molar-refractivity contribution in [3.8, 4) is 0 Å². The zero-order valence-electron chi connectivity index (χ0n) is 10.6. The highest BCUT2D eigenvalue weighted by atomic mass is 19.4. The van der Waals surface area contributed by atoms with Gasteiger partial charge in [-0.3, -0.25) is 4.79 Å². The molecule has 0 atom stereocenters. The molecule has 0 heterocycles. The summed E-state index contributed by atoms with van der Waals surface area (Å²) in [6, 6.07) is 2.56. The number of esters is 1. The average Bonchev–Trinajstić information content (AvgIpc) is 2.35. The van der Waals surface area contributed by atoms with E-state index in [1.807, 2.05) is 0 Å². The molecule has 7 heteroatoms. The van der Waals surface area contributed by atoms with Crippen LogP contribution in [-0.2, 0) is 22.1 Å². The quantitative estimate of drug-likeness (QED) is 0.603. The maximum Gasteiger partial charge on any atom is 0.416 e. The van der Waals surface area contributed by atoms with E-state index >= 15 is 0 Å². The van der Waals surface area contributed by atoms with E-state index in [9.17, 15) is 26.7 Å². The minimum atomic E-state index is -4.86. The average molecular weight is 296 g/mol. The number of rotatable bonds is 5. The fourth-order valence-electron chi connectivity index (χ4n) is 1.67. The summed E-state index contributed by atoms with van der Waals surface area (Å²) < 4.78 is 67.8. The number of alkyl halides is 5. The molecule has 0 aliphatic carbocycles. The molecule has 0 spiro atoms. The van der Waals surface area contributed by atoms with Crippen LogP contribution in [0.3, 0.4) is 0 Å². The van der Waals surface area contributed by atoms with E-state index in [1.165, 1.54) is 0 Å². The van der Waals surface area contributed by atoms with Crippen LogP contribution in [0.15, 0.2) is 18.2 Å². The first-order chi connectivity index (χ1) is 9.25. The van der Waals surface area contributed by atoms with Crippen LogP contribution in [0.25, 0.3) is 0 Å². The van der Waals surface area contributed by atoms with Crippen LogP contribution in [0.5, 0.6) is 0 Å². The van der Waals surface area contributed by atoms with E-state index in [1.54, 1.807) is 6.92 Å². The molecule has 0 amide bonds. The Kier molecular flexibility index (Phi) is 5.47. The molecule has 0 aromatic heterocycles. The molecular weight excluding hydrogens is 283 g/mol. The Hall–Kier alpha value is -1.66. The monoisotopic (exact) mass is 296 g/mol. The van der Waals surface area contributed by atoms with Crippen molar-refractivity contribution in [3.63, 3.8) is 0 Å². The van der Waals surface area contributed by atoms with Crippen molar-refractivity contribution in [2.45, 2.75) is 32.4 Å². The Labute approximate surface area is 112 Å². The van der Waals surface area contributed by atoms with Gasteiger partial charge in [-0.25, -0.2) is 8.78 Å². The van der Waals surface area contributed by atoms with Crippen LogP contribution in [0.2, 0.25) is 0 Å². The number of aryl methyl sites for hydroxylation is 1. The molecule has 0 aliphatic heterocycles. The van der Waals surface area contributed by atoms with Gasteiger partial charge in [-0.05, 0) is 25.0 Å². The summed E-state index contributed by atoms with van der Waals surface area (Å²) in [5, 5.41) is 0. The predicted molar refractivity (Wildman–Crippen MR) is 61.4 cm³/mol. The van der Waals surface area contributed by atoms with E-state index < -0.39 is 29.7 Å². The first-order valence-corrected chi connectivity index (χ1v) is 5.89. The molecule has 0 fully saturated rings. The van der Waals surface area contributed by atoms with Crippen LogP contribution in [0, 0.1) is 0 Å². The highest BCUT2D eigenvalue weighted by Gasteiger charge is 2.35. The van der Waals surface area contributed by atoms with Crippen LogP contribution in [0.1, 0.15) is 36.5 Å². The zero-order valence-corrected chi connectivity index (χ0v) is 10.6. The number of carbonyl (C=O) groups excluding carboxylic acids is 1. The van der Waals surface area contributed by atoms with Crippen molar-refractivity contribution in [2.24, 2.45) is 0 Å². The van der Waals surface area contributed by atoms with E-state index in [4.69, 9.17) is 0 Å². The van der Waals surface area contributed by atoms with Crippen LogP contribution in [0.4, 0.5) is 22.0 Å². The van der Waals surface area contributed by atoms with E-state index in [0.29, 0.717) is 6.07 Å². The highest BCUT2D eigenvalue weighted by molar-refractivity contribution is 5.69. The fourth-order valence-corrected chi connectivity index (χ4v) is 1.67. The summed E-state index contributed by atoms with van der Waals surface area (Å²) in [6.07, 6.45) is -8.15. The number of halogens is 5. The summed E-state index contributed by atoms with van der Waals surface area (Å²) >= 11 is 0. The minimum absolute atomic E-state index is 0.00539. The molecular formula is C13H13F5O2. The standard InChI is InChI=1S/C13H13F5O2/c1-2-20-11(19)6-4-8-3-5-9(12(14)15)10(7-8)13(16,17)18/h3,5,7,12H,2,4,6H2,1H3. The van der Waals surface area contributed by atoms with Crippen molar-refractivity contribution in [1.29, 1.82) is 0 Å². The lowest BCUT2D eigenvalue weighted by molar-refractivity contribution is -0.143. The Morgan fingerprint density at radius 1 is 1.30 bits per heavy atom. The van der Waals surface area contributed by atoms with Gasteiger partial charge < -0.3 is 4.74 Å². The van der Waals surface area contributed by atoms with E-state index in [2.05, 4.69) is 4.74 Å². The van der Waals surface area contributed by atoms with E-state index in [0.717, 1.165) is 12.1 Å². The molecule has 0 bridgehead atoms. The van der Waals surface area contributed by atoms with Crippen LogP contribution in [-0.4, -0.2) is 12.6 Å². The molecule has 1 rings (SSSR count). The second-order valence-electron chi connectivity index (χ2n) is 4.03. The third-order valence-corrected chi connectivity index (χ3v) is 2.58. The molecule has 1 aromatic rings. The molecule has 0 unspecified atom stereocenters. The van der Waals surface area contributed by atoms with Gasteiger partial charge in [0.2, 0.25) is 0 Å². The zero-order chi connectivity index (χ0) is 15.3. The summed E-state index contributed by atoms with van der Waals surface area (Å²) in [7, 11) is 0. The molecule has 0 saturated heterocycles. The Bertz CT molecular complexity index is 468. The maximum absolute atomic E-state index is 12.7. The molecule has 0 aliphatic rings. The van der Waals surface area contributed by atoms with Crippen molar-refractivity contribution in [2.75, 3.05) is 6.61 Å². The number of benzene rings is 1. The molecule has 0 N–H and O–H groups in total. The molecule has 2 nitrogen and oxygen atoms in total. The first-order valence-electron chi connectivity index (χ1n) is 5.89. The normalized spacial score (nSPS) is 11.8. The molecule has 0 saturated carbocycles. The minimum Gasteiger partial charge on any atom is -0.466 e. The van der Waals surface area contributed by atoms with Gasteiger partial charge in [-0.1, -0.05) is 12.1 Å². The van der Waals surface area contributed by atoms with Gasteiger partial charge >= 0.3 is 12.1 Å². The lowest BCUT2D eigenvalue weighted by atomic mass is 10.0. The van der Waals surface area contributed by atoms with Gasteiger partial charge in [0.1, 0.15) is 0 Å². The highest BCUT2D eigenvalue weighted by Crippen LogP contribution is 2.37. The number of carbonyl (C=O) groups is 1. The molecule has 1 aromatic carbocycles. The number of hydrogen-bond donors (Lipinski definition) is 0. The van der Waals surface area contributed by atoms with Crippen molar-refractivity contribution in [1.82, 2.24) is 0 Å². The van der Waals surface area contributed by atoms with Gasteiger partial charge in [0.05, 0.1) is 12.2 Å². The second kappa shape index (κ2) is 6.67. The van der Waals surface area contributed by atoms with Gasteiger partial charge in [0.15, 0.2) is 0 Å². The summed E-state index contributed by atoms with van der Waals surface area (Å²) in [5.41, 5.74) is -2.26. The number of hydrogen-bond acceptors (Lipinski definition) is 2. The first kappa shape index (κ1) is 16.4. The van der Waals surface area contributed by atoms with Crippen molar-refractivity contribution in [3.05, 3.63) is 34.9 Å². The smallest absolute Gasteiger partial charge is 0.416 e. The molecule has 0 radical (unpaired) electrons. The SMILES string of the molecule is CCOC(=O)CCc1ccc(C(F)F)c(C(F)(F)F)c1. The van der Waals surface area contributed by atoms with Gasteiger partial charge in [0, 0.05) is 12.0 Å². The number of ether oxygens (including phenoxy) is 1. The molecule has 112 valence electrons.